The normalized spacial score (nSPS) is 17.0. The van der Waals surface area contributed by atoms with Gasteiger partial charge in [-0.15, -0.1) is 26.3 Å². The second-order valence-electron chi connectivity index (χ2n) is 9.26. The summed E-state index contributed by atoms with van der Waals surface area (Å²) in [6, 6.07) is 11.2. The number of halogens is 6. The largest absolute Gasteiger partial charge is 0.573 e. The van der Waals surface area contributed by atoms with Crippen molar-refractivity contribution in [2.45, 2.75) is 39.0 Å². The number of rotatable bonds is 8. The number of carbonyl (C=O) groups is 1. The van der Waals surface area contributed by atoms with Crippen molar-refractivity contribution < 1.29 is 40.6 Å². The van der Waals surface area contributed by atoms with Gasteiger partial charge in [0, 0.05) is 37.1 Å². The number of amides is 1. The molecule has 1 fully saturated rings. The molecule has 2 heterocycles. The quantitative estimate of drug-likeness (QED) is 0.337. The number of hydrogen-bond donors (Lipinski definition) is 1. The molecule has 0 aliphatic carbocycles. The van der Waals surface area contributed by atoms with Crippen LogP contribution in [0, 0.1) is 5.92 Å². The number of nitrogens with zero attached hydrogens (tertiary/aromatic N) is 2. The second kappa shape index (κ2) is 11.1. The Morgan fingerprint density at radius 2 is 1.74 bits per heavy atom. The molecule has 1 aromatic heterocycles. The van der Waals surface area contributed by atoms with E-state index in [0.29, 0.717) is 42.6 Å². The van der Waals surface area contributed by atoms with Crippen molar-refractivity contribution in [2.24, 2.45) is 5.92 Å². The molecule has 0 spiro atoms. The molecular weight excluding hydrogens is 516 g/mol. The Balaban J connectivity index is 1.39. The number of H-pyrrole nitrogens is 1. The number of fused-ring (bicyclic) bond motifs is 1. The molecule has 6 nitrogen and oxygen atoms in total. The third-order valence-electron chi connectivity index (χ3n) is 6.35. The van der Waals surface area contributed by atoms with Crippen molar-refractivity contribution in [1.82, 2.24) is 14.8 Å². The highest BCUT2D eigenvalue weighted by atomic mass is 19.4. The Kier molecular flexibility index (Phi) is 8.10. The van der Waals surface area contributed by atoms with Gasteiger partial charge in [-0.3, -0.25) is 9.69 Å². The maximum Gasteiger partial charge on any atom is 0.573 e. The zero-order valence-corrected chi connectivity index (χ0v) is 20.5. The molecular formula is C26H27F6N3O3. The van der Waals surface area contributed by atoms with Crippen molar-refractivity contribution in [1.29, 1.82) is 0 Å². The number of piperidine rings is 1. The topological polar surface area (TPSA) is 57.8 Å². The second-order valence-corrected chi connectivity index (χ2v) is 9.26. The summed E-state index contributed by atoms with van der Waals surface area (Å²) in [6.07, 6.45) is -7.80. The molecule has 1 aliphatic heterocycles. The third-order valence-corrected chi connectivity index (χ3v) is 6.35. The van der Waals surface area contributed by atoms with Crippen molar-refractivity contribution in [3.05, 3.63) is 59.8 Å². The van der Waals surface area contributed by atoms with Crippen LogP contribution in [-0.4, -0.2) is 59.6 Å². The first kappa shape index (κ1) is 27.6. The molecule has 1 N–H and O–H groups in total. The van der Waals surface area contributed by atoms with E-state index in [0.717, 1.165) is 19.4 Å². The van der Waals surface area contributed by atoms with Crippen LogP contribution in [-0.2, 0) is 6.54 Å². The lowest BCUT2D eigenvalue weighted by Crippen LogP contribution is -2.42. The number of hydrogen-bond acceptors (Lipinski definition) is 4. The van der Waals surface area contributed by atoms with E-state index in [1.165, 1.54) is 42.5 Å². The number of likely N-dealkylation sites (tertiary alicyclic amines) is 1. The smallest absolute Gasteiger partial charge is 0.406 e. The fraction of sp³-hybridized carbons (Fsp3) is 0.423. The number of carbonyl (C=O) groups excluding carboxylic acids is 1. The monoisotopic (exact) mass is 543 g/mol. The van der Waals surface area contributed by atoms with Gasteiger partial charge < -0.3 is 19.4 Å². The molecule has 38 heavy (non-hydrogen) atoms. The Hall–Kier alpha value is -3.41. The molecule has 206 valence electrons. The fourth-order valence-corrected chi connectivity index (χ4v) is 4.80. The van der Waals surface area contributed by atoms with Crippen molar-refractivity contribution >= 4 is 16.8 Å². The summed E-state index contributed by atoms with van der Waals surface area (Å²) in [7, 11) is 0. The first-order chi connectivity index (χ1) is 17.9. The van der Waals surface area contributed by atoms with Crippen LogP contribution in [0.2, 0.25) is 0 Å². The lowest BCUT2D eigenvalue weighted by atomic mass is 9.96. The highest BCUT2D eigenvalue weighted by molar-refractivity contribution is 5.98. The summed E-state index contributed by atoms with van der Waals surface area (Å²) in [5.41, 5.74) is 1.47. The van der Waals surface area contributed by atoms with E-state index in [9.17, 15) is 31.1 Å². The SMILES string of the molecule is CCN(CC1CCCN(Cc2cccc(OC(F)(F)F)c2)C1)C(=O)c1cc2cc(OC(F)(F)F)ccc2[nH]1. The zero-order chi connectivity index (χ0) is 27.5. The third kappa shape index (κ3) is 7.56. The van der Waals surface area contributed by atoms with Crippen LogP contribution >= 0.6 is 0 Å². The fourth-order valence-electron chi connectivity index (χ4n) is 4.80. The van der Waals surface area contributed by atoms with Crippen LogP contribution in [0.1, 0.15) is 35.8 Å². The van der Waals surface area contributed by atoms with Gasteiger partial charge in [0.25, 0.3) is 5.91 Å². The molecule has 1 unspecified atom stereocenters. The molecule has 0 saturated carbocycles. The summed E-state index contributed by atoms with van der Waals surface area (Å²) in [6.45, 7) is 4.66. The van der Waals surface area contributed by atoms with E-state index in [1.54, 1.807) is 11.0 Å². The number of benzene rings is 2. The van der Waals surface area contributed by atoms with Gasteiger partial charge in [0.1, 0.15) is 17.2 Å². The van der Waals surface area contributed by atoms with Gasteiger partial charge in [-0.1, -0.05) is 12.1 Å². The van der Waals surface area contributed by atoms with E-state index in [-0.39, 0.29) is 29.0 Å². The highest BCUT2D eigenvalue weighted by Crippen LogP contribution is 2.28. The number of aromatic amines is 1. The van der Waals surface area contributed by atoms with Crippen LogP contribution in [0.25, 0.3) is 10.9 Å². The maximum absolute atomic E-state index is 13.2. The van der Waals surface area contributed by atoms with Crippen molar-refractivity contribution in [3.8, 4) is 11.5 Å². The molecule has 1 amide bonds. The van der Waals surface area contributed by atoms with Gasteiger partial charge >= 0.3 is 12.7 Å². The van der Waals surface area contributed by atoms with Gasteiger partial charge in [0.15, 0.2) is 0 Å². The molecule has 1 saturated heterocycles. The number of nitrogens with one attached hydrogen (secondary N) is 1. The summed E-state index contributed by atoms with van der Waals surface area (Å²) in [5.74, 6) is -0.746. The summed E-state index contributed by atoms with van der Waals surface area (Å²) >= 11 is 0. The number of alkyl halides is 6. The Labute approximate surface area is 215 Å². The van der Waals surface area contributed by atoms with Gasteiger partial charge in [-0.25, -0.2) is 0 Å². The van der Waals surface area contributed by atoms with Crippen molar-refractivity contribution in [2.75, 3.05) is 26.2 Å². The van der Waals surface area contributed by atoms with Gasteiger partial charge in [-0.2, -0.15) is 0 Å². The zero-order valence-electron chi connectivity index (χ0n) is 20.5. The van der Waals surface area contributed by atoms with Gasteiger partial charge in [0.05, 0.1) is 0 Å². The summed E-state index contributed by atoms with van der Waals surface area (Å²) < 4.78 is 83.2. The molecule has 2 aromatic carbocycles. The minimum atomic E-state index is -4.81. The molecule has 1 atom stereocenters. The first-order valence-electron chi connectivity index (χ1n) is 12.1. The lowest BCUT2D eigenvalue weighted by molar-refractivity contribution is -0.275. The minimum absolute atomic E-state index is 0.151. The minimum Gasteiger partial charge on any atom is -0.406 e. The number of aromatic nitrogens is 1. The van der Waals surface area contributed by atoms with Crippen LogP contribution in [0.5, 0.6) is 11.5 Å². The summed E-state index contributed by atoms with van der Waals surface area (Å²) in [4.78, 5) is 20.0. The predicted molar refractivity (Wildman–Crippen MR) is 128 cm³/mol. The molecule has 0 bridgehead atoms. The average molecular weight is 544 g/mol. The van der Waals surface area contributed by atoms with E-state index in [2.05, 4.69) is 19.4 Å². The molecule has 1 aliphatic rings. The van der Waals surface area contributed by atoms with E-state index < -0.39 is 12.7 Å². The first-order valence-corrected chi connectivity index (χ1v) is 12.1. The van der Waals surface area contributed by atoms with Gasteiger partial charge in [-0.05, 0) is 74.2 Å². The van der Waals surface area contributed by atoms with Crippen LogP contribution in [0.3, 0.4) is 0 Å². The van der Waals surface area contributed by atoms with E-state index in [1.807, 2.05) is 6.92 Å². The van der Waals surface area contributed by atoms with Gasteiger partial charge in [0.2, 0.25) is 0 Å². The predicted octanol–water partition coefficient (Wildman–Crippen LogP) is 6.34. The van der Waals surface area contributed by atoms with Crippen LogP contribution in [0.4, 0.5) is 26.3 Å². The van der Waals surface area contributed by atoms with E-state index >= 15 is 0 Å². The van der Waals surface area contributed by atoms with Crippen LogP contribution < -0.4 is 9.47 Å². The number of ether oxygens (including phenoxy) is 2. The lowest BCUT2D eigenvalue weighted by Gasteiger charge is -2.35. The standard InChI is InChI=1S/C26H27F6N3O3/c1-2-35(24(36)23-13-19-12-21(38-26(30,31)32)8-9-22(19)33-23)16-18-6-4-10-34(15-18)14-17-5-3-7-20(11-17)37-25(27,28)29/h3,5,7-9,11-13,18,33H,2,4,6,10,14-16H2,1H3. The molecule has 12 heteroatoms. The molecule has 0 radical (unpaired) electrons. The molecule has 3 aromatic rings. The average Bonchev–Trinajstić information content (AvgIpc) is 3.24. The Morgan fingerprint density at radius 1 is 1.03 bits per heavy atom. The summed E-state index contributed by atoms with van der Waals surface area (Å²) in [5, 5.41) is 0.423. The highest BCUT2D eigenvalue weighted by Gasteiger charge is 2.32. The van der Waals surface area contributed by atoms with Crippen LogP contribution in [0.15, 0.2) is 48.5 Å². The van der Waals surface area contributed by atoms with E-state index in [4.69, 9.17) is 0 Å². The molecule has 4 rings (SSSR count). The van der Waals surface area contributed by atoms with Crippen molar-refractivity contribution in [3.63, 3.8) is 0 Å². The Morgan fingerprint density at radius 3 is 2.42 bits per heavy atom. The Bertz CT molecular complexity index is 1260. The maximum atomic E-state index is 13.2.